The predicted molar refractivity (Wildman–Crippen MR) is 121 cm³/mol. The smallest absolute Gasteiger partial charge is 0.251 e. The zero-order chi connectivity index (χ0) is 22.3. The van der Waals surface area contributed by atoms with E-state index in [1.165, 1.54) is 0 Å². The number of aliphatic hydroxyl groups excluding tert-OH is 1. The summed E-state index contributed by atoms with van der Waals surface area (Å²) in [5.41, 5.74) is 12.0. The molecule has 8 heteroatoms. The first-order valence-electron chi connectivity index (χ1n) is 10.5. The molecule has 6 nitrogen and oxygen atoms in total. The number of nitrogens with zero attached hydrogens (tertiary/aromatic N) is 3. The average molecular weight is 435 g/mol. The number of anilines is 2. The van der Waals surface area contributed by atoms with Crippen molar-refractivity contribution in [1.29, 1.82) is 0 Å². The van der Waals surface area contributed by atoms with Gasteiger partial charge in [0, 0.05) is 60.2 Å². The van der Waals surface area contributed by atoms with Crippen molar-refractivity contribution >= 4 is 22.5 Å². The summed E-state index contributed by atoms with van der Waals surface area (Å²) in [6.45, 7) is 0.516. The number of piperidine rings is 1. The van der Waals surface area contributed by atoms with Crippen LogP contribution in [0.1, 0.15) is 18.4 Å². The number of nitrogen functional groups attached to an aromatic ring is 1. The number of nitrogens with one attached hydrogen (secondary N) is 1. The lowest BCUT2D eigenvalue weighted by molar-refractivity contribution is -0.0220. The molecule has 0 saturated carbocycles. The number of alkyl halides is 2. The number of aliphatic hydroxyl groups is 1. The van der Waals surface area contributed by atoms with Crippen molar-refractivity contribution in [3.63, 3.8) is 0 Å². The molecule has 164 valence electrons. The van der Waals surface area contributed by atoms with Crippen molar-refractivity contribution in [3.05, 3.63) is 60.3 Å². The Hall–Kier alpha value is -3.52. The topological polar surface area (TPSA) is 91.1 Å². The number of aromatic nitrogens is 3. The fourth-order valence-electron chi connectivity index (χ4n) is 4.22. The molecule has 1 aliphatic heterocycles. The summed E-state index contributed by atoms with van der Waals surface area (Å²) in [5.74, 6) is -1.90. The third-order valence-corrected chi connectivity index (χ3v) is 6.05. The van der Waals surface area contributed by atoms with E-state index in [-0.39, 0.29) is 19.4 Å². The molecular formula is C24H23F2N5O. The molecule has 4 aromatic rings. The summed E-state index contributed by atoms with van der Waals surface area (Å²) in [6.07, 6.45) is 1.46. The number of halogens is 2. The third-order valence-electron chi connectivity index (χ3n) is 6.05. The highest BCUT2D eigenvalue weighted by Crippen LogP contribution is 2.34. The fourth-order valence-corrected chi connectivity index (χ4v) is 4.22. The van der Waals surface area contributed by atoms with Crippen LogP contribution in [-0.4, -0.2) is 39.1 Å². The zero-order valence-corrected chi connectivity index (χ0v) is 17.4. The van der Waals surface area contributed by atoms with Crippen LogP contribution in [0.2, 0.25) is 0 Å². The van der Waals surface area contributed by atoms with Gasteiger partial charge in [-0.2, -0.15) is 0 Å². The van der Waals surface area contributed by atoms with E-state index in [2.05, 4.69) is 9.97 Å². The van der Waals surface area contributed by atoms with Crippen LogP contribution in [0.15, 0.2) is 54.7 Å². The van der Waals surface area contributed by atoms with Crippen LogP contribution in [0, 0.1) is 0 Å². The van der Waals surface area contributed by atoms with Crippen molar-refractivity contribution in [2.75, 3.05) is 23.7 Å². The second-order valence-corrected chi connectivity index (χ2v) is 8.06. The Bertz CT molecular complexity index is 1260. The second-order valence-electron chi connectivity index (χ2n) is 8.06. The van der Waals surface area contributed by atoms with Crippen LogP contribution >= 0.6 is 0 Å². The molecule has 0 spiro atoms. The van der Waals surface area contributed by atoms with Gasteiger partial charge in [0.2, 0.25) is 0 Å². The minimum absolute atomic E-state index is 0.118. The van der Waals surface area contributed by atoms with Gasteiger partial charge >= 0.3 is 0 Å². The first kappa shape index (κ1) is 20.4. The molecule has 0 aliphatic carbocycles. The number of benzene rings is 2. The van der Waals surface area contributed by atoms with E-state index in [4.69, 9.17) is 10.7 Å². The minimum Gasteiger partial charge on any atom is -0.398 e. The molecule has 1 aliphatic rings. The van der Waals surface area contributed by atoms with Gasteiger partial charge < -0.3 is 20.7 Å². The molecule has 1 saturated heterocycles. The summed E-state index contributed by atoms with van der Waals surface area (Å²) in [5, 5.41) is 9.81. The average Bonchev–Trinajstić information content (AvgIpc) is 3.23. The summed E-state index contributed by atoms with van der Waals surface area (Å²) >= 11 is 0. The van der Waals surface area contributed by atoms with Gasteiger partial charge in [-0.05, 0) is 42.0 Å². The van der Waals surface area contributed by atoms with E-state index in [1.807, 2.05) is 47.4 Å². The highest BCUT2D eigenvalue weighted by atomic mass is 19.3. The monoisotopic (exact) mass is 435 g/mol. The van der Waals surface area contributed by atoms with Gasteiger partial charge in [-0.15, -0.1) is 0 Å². The van der Waals surface area contributed by atoms with E-state index in [0.29, 0.717) is 41.3 Å². The van der Waals surface area contributed by atoms with Gasteiger partial charge in [0.15, 0.2) is 5.65 Å². The highest BCUT2D eigenvalue weighted by Gasteiger charge is 2.34. The number of fused-ring (bicyclic) bond motifs is 1. The largest absolute Gasteiger partial charge is 0.398 e. The lowest BCUT2D eigenvalue weighted by atomic mass is 9.99. The summed E-state index contributed by atoms with van der Waals surface area (Å²) in [7, 11) is 0. The normalized spacial score (nSPS) is 15.9. The minimum atomic E-state index is -2.56. The molecule has 0 radical (unpaired) electrons. The van der Waals surface area contributed by atoms with Crippen molar-refractivity contribution in [1.82, 2.24) is 15.0 Å². The van der Waals surface area contributed by atoms with E-state index in [9.17, 15) is 13.9 Å². The highest BCUT2D eigenvalue weighted by molar-refractivity contribution is 5.93. The van der Waals surface area contributed by atoms with E-state index in [0.717, 1.165) is 22.4 Å². The first-order valence-corrected chi connectivity index (χ1v) is 10.5. The van der Waals surface area contributed by atoms with E-state index in [1.54, 1.807) is 12.3 Å². The summed E-state index contributed by atoms with van der Waals surface area (Å²) < 4.78 is 26.9. The number of rotatable bonds is 4. The molecule has 0 amide bonds. The van der Waals surface area contributed by atoms with Crippen molar-refractivity contribution in [2.45, 2.75) is 25.4 Å². The van der Waals surface area contributed by atoms with Crippen LogP contribution in [0.3, 0.4) is 0 Å². The standard InChI is InChI=1S/C24H23F2N5O/c25-24(26)9-12-31(13-10-24)16-6-4-15(5-7-16)22-29-21-18(8-11-28-23(21)30-22)17-2-1-3-20(27)19(17)14-32/h1-8,11,32H,9-10,12-14,27H2,(H,28,29,30). The molecule has 1 fully saturated rings. The van der Waals surface area contributed by atoms with Gasteiger partial charge in [-0.3, -0.25) is 0 Å². The fraction of sp³-hybridized carbons (Fsp3) is 0.250. The lowest BCUT2D eigenvalue weighted by Crippen LogP contribution is -2.39. The first-order chi connectivity index (χ1) is 15.4. The Kier molecular flexibility index (Phi) is 5.01. The molecule has 32 heavy (non-hydrogen) atoms. The molecule has 3 heterocycles. The van der Waals surface area contributed by atoms with Crippen LogP contribution in [0.5, 0.6) is 0 Å². The quantitative estimate of drug-likeness (QED) is 0.408. The number of H-pyrrole nitrogens is 1. The molecule has 2 aromatic heterocycles. The number of pyridine rings is 1. The van der Waals surface area contributed by atoms with Crippen molar-refractivity contribution in [3.8, 4) is 22.5 Å². The zero-order valence-electron chi connectivity index (χ0n) is 17.4. The SMILES string of the molecule is Nc1cccc(-c2ccnc3[nH]c(-c4ccc(N5CCC(F)(F)CC5)cc4)nc23)c1CO. The lowest BCUT2D eigenvalue weighted by Gasteiger charge is -2.33. The Morgan fingerprint density at radius 3 is 2.50 bits per heavy atom. The Morgan fingerprint density at radius 1 is 1.03 bits per heavy atom. The maximum absolute atomic E-state index is 13.4. The summed E-state index contributed by atoms with van der Waals surface area (Å²) in [4.78, 5) is 14.4. The third kappa shape index (κ3) is 3.67. The number of hydrogen-bond donors (Lipinski definition) is 3. The van der Waals surface area contributed by atoms with Gasteiger partial charge in [0.05, 0.1) is 6.61 Å². The number of aromatic amines is 1. The molecular weight excluding hydrogens is 412 g/mol. The van der Waals surface area contributed by atoms with Crippen LogP contribution in [0.25, 0.3) is 33.7 Å². The van der Waals surface area contributed by atoms with Gasteiger partial charge in [0.25, 0.3) is 5.92 Å². The van der Waals surface area contributed by atoms with Crippen LogP contribution in [-0.2, 0) is 6.61 Å². The van der Waals surface area contributed by atoms with Gasteiger partial charge in [-0.1, -0.05) is 12.1 Å². The molecule has 5 rings (SSSR count). The van der Waals surface area contributed by atoms with Crippen molar-refractivity contribution < 1.29 is 13.9 Å². The van der Waals surface area contributed by atoms with Crippen LogP contribution in [0.4, 0.5) is 20.2 Å². The molecule has 4 N–H and O–H groups in total. The maximum atomic E-state index is 13.4. The van der Waals surface area contributed by atoms with Gasteiger partial charge in [-0.25, -0.2) is 18.7 Å². The Morgan fingerprint density at radius 2 is 1.78 bits per heavy atom. The molecule has 0 bridgehead atoms. The Labute approximate surface area is 183 Å². The van der Waals surface area contributed by atoms with E-state index >= 15 is 0 Å². The molecule has 0 atom stereocenters. The number of imidazole rings is 1. The number of hydrogen-bond acceptors (Lipinski definition) is 5. The van der Waals surface area contributed by atoms with E-state index < -0.39 is 5.92 Å². The maximum Gasteiger partial charge on any atom is 0.251 e. The summed E-state index contributed by atoms with van der Waals surface area (Å²) in [6, 6.07) is 15.1. The second kappa shape index (κ2) is 7.87. The van der Waals surface area contributed by atoms with Crippen molar-refractivity contribution in [2.24, 2.45) is 0 Å². The predicted octanol–water partition coefficient (Wildman–Crippen LogP) is 4.60. The van der Waals surface area contributed by atoms with Crippen LogP contribution < -0.4 is 10.6 Å². The molecule has 2 aromatic carbocycles. The van der Waals surface area contributed by atoms with Gasteiger partial charge in [0.1, 0.15) is 11.3 Å². The molecule has 0 unspecified atom stereocenters. The Balaban J connectivity index is 1.48. The number of nitrogens with two attached hydrogens (primary N) is 1.